The number of carbonyl (C=O) groups excluding carboxylic acids is 1. The molecule has 1 saturated heterocycles. The van der Waals surface area contributed by atoms with E-state index < -0.39 is 0 Å². The molecule has 1 aliphatic heterocycles. The predicted molar refractivity (Wildman–Crippen MR) is 74.9 cm³/mol. The predicted octanol–water partition coefficient (Wildman–Crippen LogP) is 3.97. The van der Waals surface area contributed by atoms with Gasteiger partial charge in [0.05, 0.1) is 0 Å². The summed E-state index contributed by atoms with van der Waals surface area (Å²) in [5.74, 6) is -0.120. The number of hydrogen-bond donors (Lipinski definition) is 1. The first kappa shape index (κ1) is 13.8. The second-order valence-electron chi connectivity index (χ2n) is 5.51. The highest BCUT2D eigenvalue weighted by Crippen LogP contribution is 2.23. The minimum Gasteiger partial charge on any atom is -0.322 e. The molecule has 1 N–H and O–H groups in total. The highest BCUT2D eigenvalue weighted by Gasteiger charge is 2.25. The summed E-state index contributed by atoms with van der Waals surface area (Å²) in [7, 11) is 0. The van der Waals surface area contributed by atoms with Gasteiger partial charge in [-0.05, 0) is 43.4 Å². The fourth-order valence-electron chi connectivity index (χ4n) is 2.50. The van der Waals surface area contributed by atoms with Gasteiger partial charge in [-0.2, -0.15) is 0 Å². The Morgan fingerprint density at radius 2 is 2.21 bits per heavy atom. The van der Waals surface area contributed by atoms with Crippen LogP contribution in [0, 0.1) is 5.82 Å². The Morgan fingerprint density at radius 1 is 1.47 bits per heavy atom. The Labute approximate surface area is 113 Å². The van der Waals surface area contributed by atoms with Crippen molar-refractivity contribution in [2.45, 2.75) is 45.6 Å². The first-order valence-electron chi connectivity index (χ1n) is 6.86. The zero-order chi connectivity index (χ0) is 14.0. The smallest absolute Gasteiger partial charge is 0.322 e. The van der Waals surface area contributed by atoms with Gasteiger partial charge in [0.15, 0.2) is 0 Å². The first-order valence-corrected chi connectivity index (χ1v) is 6.86. The van der Waals surface area contributed by atoms with E-state index in [0.717, 1.165) is 19.4 Å². The number of amides is 2. The van der Waals surface area contributed by atoms with E-state index in [-0.39, 0.29) is 23.8 Å². The monoisotopic (exact) mass is 264 g/mol. The molecule has 1 unspecified atom stereocenters. The Bertz CT molecular complexity index is 473. The number of nitrogens with zero attached hydrogens (tertiary/aromatic N) is 1. The van der Waals surface area contributed by atoms with Gasteiger partial charge in [-0.15, -0.1) is 0 Å². The maximum absolute atomic E-state index is 13.8. The number of halogens is 1. The molecule has 1 atom stereocenters. The molecule has 0 bridgehead atoms. The molecule has 0 spiro atoms. The number of urea groups is 1. The average molecular weight is 264 g/mol. The lowest BCUT2D eigenvalue weighted by Gasteiger charge is -2.22. The van der Waals surface area contributed by atoms with Gasteiger partial charge in [0, 0.05) is 18.3 Å². The lowest BCUT2D eigenvalue weighted by Crippen LogP contribution is -2.37. The Balaban J connectivity index is 2.07. The molecule has 104 valence electrons. The average Bonchev–Trinajstić information content (AvgIpc) is 2.75. The summed E-state index contributed by atoms with van der Waals surface area (Å²) in [6.07, 6.45) is 2.07. The van der Waals surface area contributed by atoms with Crippen molar-refractivity contribution in [3.63, 3.8) is 0 Å². The van der Waals surface area contributed by atoms with E-state index in [1.165, 1.54) is 6.07 Å². The van der Waals surface area contributed by atoms with Crippen molar-refractivity contribution in [2.24, 2.45) is 0 Å². The molecule has 0 radical (unpaired) electrons. The normalized spacial score (nSPS) is 19.0. The maximum Gasteiger partial charge on any atom is 0.322 e. The molecule has 1 heterocycles. The number of likely N-dealkylation sites (tertiary alicyclic amines) is 1. The van der Waals surface area contributed by atoms with Gasteiger partial charge in [0.25, 0.3) is 0 Å². The van der Waals surface area contributed by atoms with Crippen LogP contribution in [-0.2, 0) is 0 Å². The van der Waals surface area contributed by atoms with Crippen molar-refractivity contribution < 1.29 is 9.18 Å². The van der Waals surface area contributed by atoms with Gasteiger partial charge in [0.1, 0.15) is 5.82 Å². The number of nitrogens with one attached hydrogen (secondary N) is 1. The summed E-state index contributed by atoms with van der Waals surface area (Å²) in [6.45, 7) is 6.71. The quantitative estimate of drug-likeness (QED) is 0.861. The Morgan fingerprint density at radius 3 is 2.74 bits per heavy atom. The second kappa shape index (κ2) is 5.59. The van der Waals surface area contributed by atoms with Crippen LogP contribution in [0.5, 0.6) is 0 Å². The van der Waals surface area contributed by atoms with Crippen LogP contribution in [0.25, 0.3) is 0 Å². The molecule has 2 amide bonds. The van der Waals surface area contributed by atoms with Crippen molar-refractivity contribution >= 4 is 11.7 Å². The minimum absolute atomic E-state index is 0.137. The van der Waals surface area contributed by atoms with E-state index in [9.17, 15) is 9.18 Å². The molecule has 1 aromatic carbocycles. The lowest BCUT2D eigenvalue weighted by molar-refractivity contribution is 0.210. The van der Waals surface area contributed by atoms with Crippen LogP contribution in [-0.4, -0.2) is 23.5 Å². The molecular formula is C15H21FN2O. The molecule has 1 aromatic rings. The second-order valence-corrected chi connectivity index (χ2v) is 5.51. The van der Waals surface area contributed by atoms with E-state index >= 15 is 0 Å². The van der Waals surface area contributed by atoms with Gasteiger partial charge in [-0.3, -0.25) is 0 Å². The molecule has 0 aromatic heterocycles. The molecule has 0 saturated carbocycles. The van der Waals surface area contributed by atoms with Crippen LogP contribution in [0.15, 0.2) is 18.2 Å². The summed E-state index contributed by atoms with van der Waals surface area (Å²) < 4.78 is 13.8. The van der Waals surface area contributed by atoms with Crippen molar-refractivity contribution in [1.82, 2.24) is 4.90 Å². The number of rotatable bonds is 2. The van der Waals surface area contributed by atoms with Crippen molar-refractivity contribution in [2.75, 3.05) is 11.9 Å². The number of anilines is 1. The van der Waals surface area contributed by atoms with E-state index in [4.69, 9.17) is 0 Å². The molecule has 1 aliphatic rings. The summed E-state index contributed by atoms with van der Waals surface area (Å²) in [4.78, 5) is 13.8. The first-order chi connectivity index (χ1) is 8.99. The molecule has 4 heteroatoms. The minimum atomic E-state index is -0.262. The van der Waals surface area contributed by atoms with Gasteiger partial charge in [-0.1, -0.05) is 19.9 Å². The van der Waals surface area contributed by atoms with E-state index in [0.29, 0.717) is 11.3 Å². The van der Waals surface area contributed by atoms with Crippen LogP contribution in [0.4, 0.5) is 14.9 Å². The zero-order valence-electron chi connectivity index (χ0n) is 11.7. The highest BCUT2D eigenvalue weighted by molar-refractivity contribution is 5.89. The molecule has 1 fully saturated rings. The van der Waals surface area contributed by atoms with Crippen molar-refractivity contribution in [3.8, 4) is 0 Å². The molecule has 0 aliphatic carbocycles. The van der Waals surface area contributed by atoms with Gasteiger partial charge in [0.2, 0.25) is 0 Å². The van der Waals surface area contributed by atoms with Crippen LogP contribution >= 0.6 is 0 Å². The van der Waals surface area contributed by atoms with E-state index in [1.807, 2.05) is 20.8 Å². The number of carbonyl (C=O) groups is 1. The van der Waals surface area contributed by atoms with Gasteiger partial charge in [-0.25, -0.2) is 9.18 Å². The third-order valence-corrected chi connectivity index (χ3v) is 3.69. The van der Waals surface area contributed by atoms with Crippen LogP contribution in [0.1, 0.15) is 45.1 Å². The summed E-state index contributed by atoms with van der Waals surface area (Å²) in [6, 6.07) is 5.02. The molecule has 2 rings (SSSR count). The SMILES string of the molecule is CC(C)c1ccc(NC(=O)N2CCCC2C)cc1F. The van der Waals surface area contributed by atoms with Crippen molar-refractivity contribution in [3.05, 3.63) is 29.6 Å². The molecule has 19 heavy (non-hydrogen) atoms. The van der Waals surface area contributed by atoms with Gasteiger partial charge < -0.3 is 10.2 Å². The number of hydrogen-bond acceptors (Lipinski definition) is 1. The highest BCUT2D eigenvalue weighted by atomic mass is 19.1. The third-order valence-electron chi connectivity index (χ3n) is 3.69. The van der Waals surface area contributed by atoms with Crippen LogP contribution in [0.2, 0.25) is 0 Å². The third kappa shape index (κ3) is 3.06. The Kier molecular flexibility index (Phi) is 4.08. The number of benzene rings is 1. The van der Waals surface area contributed by atoms with Gasteiger partial charge >= 0.3 is 6.03 Å². The fourth-order valence-corrected chi connectivity index (χ4v) is 2.50. The van der Waals surface area contributed by atoms with Crippen LogP contribution < -0.4 is 5.32 Å². The van der Waals surface area contributed by atoms with Crippen LogP contribution in [0.3, 0.4) is 0 Å². The lowest BCUT2D eigenvalue weighted by atomic mass is 10.0. The zero-order valence-corrected chi connectivity index (χ0v) is 11.7. The molecular weight excluding hydrogens is 243 g/mol. The summed E-state index contributed by atoms with van der Waals surface area (Å²) >= 11 is 0. The van der Waals surface area contributed by atoms with E-state index in [2.05, 4.69) is 5.32 Å². The molecule has 3 nitrogen and oxygen atoms in total. The largest absolute Gasteiger partial charge is 0.322 e. The summed E-state index contributed by atoms with van der Waals surface area (Å²) in [5, 5.41) is 2.77. The Hall–Kier alpha value is -1.58. The van der Waals surface area contributed by atoms with E-state index in [1.54, 1.807) is 17.0 Å². The standard InChI is InChI=1S/C15H21FN2O/c1-10(2)13-7-6-12(9-14(13)16)17-15(19)18-8-4-5-11(18)3/h6-7,9-11H,4-5,8H2,1-3H3,(H,17,19). The fraction of sp³-hybridized carbons (Fsp3) is 0.533. The summed E-state index contributed by atoms with van der Waals surface area (Å²) in [5.41, 5.74) is 1.19. The van der Waals surface area contributed by atoms with Crippen molar-refractivity contribution in [1.29, 1.82) is 0 Å². The maximum atomic E-state index is 13.8. The topological polar surface area (TPSA) is 32.3 Å².